The molecule has 4 aromatic rings. The number of alkyl halides is 2. The van der Waals surface area contributed by atoms with Crippen LogP contribution in [0.2, 0.25) is 5.02 Å². The van der Waals surface area contributed by atoms with Gasteiger partial charge in [0.25, 0.3) is 6.43 Å². The maximum absolute atomic E-state index is 17.3. The first-order chi connectivity index (χ1) is 23.6. The van der Waals surface area contributed by atoms with Crippen molar-refractivity contribution in [2.45, 2.75) is 69.2 Å². The predicted octanol–water partition coefficient (Wildman–Crippen LogP) is 6.83. The quantitative estimate of drug-likeness (QED) is 0.228. The number of halogens is 5. The zero-order chi connectivity index (χ0) is 34.1. The van der Waals surface area contributed by atoms with Crippen molar-refractivity contribution >= 4 is 54.7 Å². The second-order valence-corrected chi connectivity index (χ2v) is 14.8. The number of thiophene rings is 1. The normalized spacial score (nSPS) is 24.6. The van der Waals surface area contributed by atoms with Gasteiger partial charge in [-0.25, -0.2) is 17.6 Å². The van der Waals surface area contributed by atoms with Gasteiger partial charge in [-0.3, -0.25) is 9.80 Å². The summed E-state index contributed by atoms with van der Waals surface area (Å²) in [6.07, 6.45) is 1.93. The number of anilines is 2. The standard InChI is InChI=1S/C34H34ClF4N7O2S/c1-44-9-3-5-21(44)22-6-2-4-16-12-17(14-45(16)15-23(37)38)46-10-11-47-30-26-29(42-34(48-22)43-33(26)46)28(39)25(27(30)35)18-7-8-20(36)31-24(18)19(13-40)32(41)49-31/h7-8,16-17,21-23H,2-6,9-12,14-15,41H2,1H3. The molecule has 0 aliphatic carbocycles. The molecule has 0 radical (unpaired) electrons. The van der Waals surface area contributed by atoms with Gasteiger partial charge in [-0.2, -0.15) is 15.2 Å². The number of nitrogens with two attached hydrogens (primary N) is 1. The van der Waals surface area contributed by atoms with Crippen LogP contribution in [0, 0.1) is 23.0 Å². The van der Waals surface area contributed by atoms with E-state index in [0.29, 0.717) is 31.7 Å². The molecule has 0 spiro atoms. The van der Waals surface area contributed by atoms with Crippen molar-refractivity contribution in [1.29, 1.82) is 5.26 Å². The van der Waals surface area contributed by atoms with Crippen LogP contribution in [0.5, 0.6) is 11.8 Å². The van der Waals surface area contributed by atoms with Crippen LogP contribution in [0.15, 0.2) is 12.1 Å². The lowest BCUT2D eigenvalue weighted by Crippen LogP contribution is -2.41. The Morgan fingerprint density at radius 3 is 2.71 bits per heavy atom. The van der Waals surface area contributed by atoms with Gasteiger partial charge in [0.1, 0.15) is 40.9 Å². The molecule has 4 atom stereocenters. The van der Waals surface area contributed by atoms with Crippen LogP contribution in [-0.2, 0) is 0 Å². The van der Waals surface area contributed by atoms with Crippen LogP contribution in [0.25, 0.3) is 32.1 Å². The van der Waals surface area contributed by atoms with E-state index in [4.69, 9.17) is 31.8 Å². The lowest BCUT2D eigenvalue weighted by molar-refractivity contribution is 0.0724. The van der Waals surface area contributed by atoms with Crippen molar-refractivity contribution in [3.8, 4) is 29.0 Å². The van der Waals surface area contributed by atoms with Gasteiger partial charge in [-0.05, 0) is 63.7 Å². The number of likely N-dealkylation sites (tertiary alicyclic amines) is 2. The molecule has 0 saturated carbocycles. The first-order valence-electron chi connectivity index (χ1n) is 16.6. The third-order valence-corrected chi connectivity index (χ3v) is 12.0. The Morgan fingerprint density at radius 1 is 1.12 bits per heavy atom. The SMILES string of the molecule is CN1CCCC1C1CCCC2CC(CN2CC(F)F)N2CCOc3c(Cl)c(-c4ccc(F)c5sc(N)c(C#N)c45)c(F)c4nc(nc2c34)O1. The molecule has 4 aliphatic heterocycles. The summed E-state index contributed by atoms with van der Waals surface area (Å²) in [5.74, 6) is -0.896. The van der Waals surface area contributed by atoms with Crippen LogP contribution in [0.3, 0.4) is 0 Å². The zero-order valence-electron chi connectivity index (χ0n) is 26.7. The minimum Gasteiger partial charge on any atom is -0.489 e. The van der Waals surface area contributed by atoms with Crippen LogP contribution >= 0.6 is 22.9 Å². The van der Waals surface area contributed by atoms with Gasteiger partial charge in [0.05, 0.1) is 33.8 Å². The number of benzene rings is 2. The third-order valence-electron chi connectivity index (χ3n) is 10.6. The topological polar surface area (TPSA) is 104 Å². The maximum Gasteiger partial charge on any atom is 0.319 e. The highest BCUT2D eigenvalue weighted by molar-refractivity contribution is 7.23. The summed E-state index contributed by atoms with van der Waals surface area (Å²) in [6.45, 7) is 1.45. The number of nitrogens with zero attached hydrogens (tertiary/aromatic N) is 6. The Bertz CT molecular complexity index is 2010. The summed E-state index contributed by atoms with van der Waals surface area (Å²) < 4.78 is 72.9. The molecule has 4 bridgehead atoms. The Balaban J connectivity index is 1.37. The Kier molecular flexibility index (Phi) is 8.37. The molecule has 4 aliphatic rings. The number of nitriles is 1. The average Bonchev–Trinajstić information content (AvgIpc) is 3.73. The van der Waals surface area contributed by atoms with Gasteiger partial charge < -0.3 is 20.1 Å². The highest BCUT2D eigenvalue weighted by Gasteiger charge is 2.41. The number of likely N-dealkylation sites (N-methyl/N-ethyl adjacent to an activating group) is 1. The summed E-state index contributed by atoms with van der Waals surface area (Å²) in [6, 6.07) is 4.42. The average molecular weight is 716 g/mol. The summed E-state index contributed by atoms with van der Waals surface area (Å²) >= 11 is 7.95. The summed E-state index contributed by atoms with van der Waals surface area (Å²) in [5, 5.41) is 10.4. The monoisotopic (exact) mass is 715 g/mol. The molecule has 2 N–H and O–H groups in total. The molecule has 8 rings (SSSR count). The molecular formula is C34H34ClF4N7O2S. The fraction of sp³-hybridized carbons (Fsp3) is 0.500. The molecule has 49 heavy (non-hydrogen) atoms. The van der Waals surface area contributed by atoms with E-state index in [-0.39, 0.29) is 96.8 Å². The number of rotatable bonds is 4. The van der Waals surface area contributed by atoms with Crippen molar-refractivity contribution < 1.29 is 27.0 Å². The van der Waals surface area contributed by atoms with Crippen LogP contribution in [-0.4, -0.2) is 90.3 Å². The van der Waals surface area contributed by atoms with Crippen molar-refractivity contribution in [3.63, 3.8) is 0 Å². The van der Waals surface area contributed by atoms with Gasteiger partial charge in [-0.1, -0.05) is 17.7 Å². The fourth-order valence-corrected chi connectivity index (χ4v) is 9.68. The third kappa shape index (κ3) is 5.40. The van der Waals surface area contributed by atoms with Gasteiger partial charge in [0, 0.05) is 35.6 Å². The molecule has 6 heterocycles. The second-order valence-electron chi connectivity index (χ2n) is 13.3. The van der Waals surface area contributed by atoms with E-state index in [2.05, 4.69) is 9.88 Å². The summed E-state index contributed by atoms with van der Waals surface area (Å²) in [5.41, 5.74) is 6.10. The van der Waals surface area contributed by atoms with Crippen molar-refractivity contribution in [2.24, 2.45) is 0 Å². The minimum atomic E-state index is -2.48. The van der Waals surface area contributed by atoms with Crippen LogP contribution in [0.1, 0.15) is 44.1 Å². The highest BCUT2D eigenvalue weighted by Crippen LogP contribution is 2.51. The Hall–Kier alpha value is -3.64. The number of nitrogen functional groups attached to an aromatic ring is 1. The largest absolute Gasteiger partial charge is 0.489 e. The second kappa shape index (κ2) is 12.6. The fourth-order valence-electron chi connectivity index (χ4n) is 8.39. The summed E-state index contributed by atoms with van der Waals surface area (Å²) in [7, 11) is 2.05. The number of aromatic nitrogens is 2. The van der Waals surface area contributed by atoms with E-state index in [0.717, 1.165) is 43.6 Å². The molecule has 258 valence electrons. The van der Waals surface area contributed by atoms with E-state index in [9.17, 15) is 14.0 Å². The molecule has 4 unspecified atom stereocenters. The highest BCUT2D eigenvalue weighted by atomic mass is 35.5. The van der Waals surface area contributed by atoms with E-state index in [1.807, 2.05) is 22.9 Å². The lowest BCUT2D eigenvalue weighted by atomic mass is 9.96. The van der Waals surface area contributed by atoms with Crippen molar-refractivity contribution in [2.75, 3.05) is 50.5 Å². The Morgan fingerprint density at radius 2 is 1.96 bits per heavy atom. The van der Waals surface area contributed by atoms with E-state index in [1.54, 1.807) is 0 Å². The van der Waals surface area contributed by atoms with Crippen LogP contribution < -0.4 is 20.1 Å². The van der Waals surface area contributed by atoms with E-state index in [1.165, 1.54) is 12.1 Å². The zero-order valence-corrected chi connectivity index (χ0v) is 28.3. The molecule has 2 fully saturated rings. The lowest BCUT2D eigenvalue weighted by Gasteiger charge is -2.32. The van der Waals surface area contributed by atoms with Gasteiger partial charge in [0.15, 0.2) is 11.6 Å². The maximum atomic E-state index is 17.3. The molecule has 2 aromatic carbocycles. The number of ether oxygens (including phenoxy) is 2. The number of hydrogen-bond acceptors (Lipinski definition) is 10. The molecule has 9 nitrogen and oxygen atoms in total. The van der Waals surface area contributed by atoms with Gasteiger partial charge >= 0.3 is 6.01 Å². The minimum absolute atomic E-state index is 0.000811. The van der Waals surface area contributed by atoms with Crippen LogP contribution in [0.4, 0.5) is 28.4 Å². The summed E-state index contributed by atoms with van der Waals surface area (Å²) in [4.78, 5) is 15.7. The van der Waals surface area contributed by atoms with E-state index < -0.39 is 18.1 Å². The Labute approximate surface area is 289 Å². The first kappa shape index (κ1) is 32.6. The first-order valence-corrected chi connectivity index (χ1v) is 17.8. The number of hydrogen-bond donors (Lipinski definition) is 1. The molecule has 0 amide bonds. The van der Waals surface area contributed by atoms with E-state index >= 15 is 8.78 Å². The molecular weight excluding hydrogens is 682 g/mol. The van der Waals surface area contributed by atoms with Gasteiger partial charge in [0.2, 0.25) is 0 Å². The molecule has 15 heteroatoms. The molecule has 2 saturated heterocycles. The van der Waals surface area contributed by atoms with Crippen molar-refractivity contribution in [3.05, 3.63) is 34.4 Å². The predicted molar refractivity (Wildman–Crippen MR) is 181 cm³/mol. The van der Waals surface area contributed by atoms with Crippen molar-refractivity contribution in [1.82, 2.24) is 19.8 Å². The van der Waals surface area contributed by atoms with Gasteiger partial charge in [-0.15, -0.1) is 11.3 Å². The molecule has 2 aromatic heterocycles. The number of fused-ring (bicyclic) bond motifs is 5. The smallest absolute Gasteiger partial charge is 0.319 e.